The summed E-state index contributed by atoms with van der Waals surface area (Å²) in [5, 5.41) is 11.4. The van der Waals surface area contributed by atoms with Crippen LogP contribution < -0.4 is 0 Å². The molecular weight excluding hydrogens is 164 g/mol. The van der Waals surface area contributed by atoms with Crippen molar-refractivity contribution in [3.63, 3.8) is 0 Å². The molecule has 2 aromatic carbocycles. The Kier molecular flexibility index (Phi) is 3.03. The second-order valence-corrected chi connectivity index (χ2v) is 2.50. The number of fused-ring (bicyclic) bond motifs is 1. The largest absolute Gasteiger partial charge is 0.507 e. The van der Waals surface area contributed by atoms with E-state index in [-0.39, 0.29) is 0 Å². The molecule has 0 radical (unpaired) electrons. The summed E-state index contributed by atoms with van der Waals surface area (Å²) in [6.07, 6.45) is 0. The lowest BCUT2D eigenvalue weighted by Gasteiger charge is -1.97. The minimum absolute atomic E-state index is 0.350. The molecule has 0 aliphatic carbocycles. The van der Waals surface area contributed by atoms with E-state index in [0.717, 1.165) is 10.8 Å². The van der Waals surface area contributed by atoms with Gasteiger partial charge in [-0.25, -0.2) is 0 Å². The highest BCUT2D eigenvalue weighted by molar-refractivity contribution is 5.87. The zero-order chi connectivity index (χ0) is 9.68. The third-order valence-corrected chi connectivity index (χ3v) is 1.77. The average Bonchev–Trinajstić information content (AvgIpc) is 2.22. The van der Waals surface area contributed by atoms with Gasteiger partial charge in [0.15, 0.2) is 0 Å². The fraction of sp³-hybridized carbons (Fsp3) is 0. The van der Waals surface area contributed by atoms with Gasteiger partial charge in [-0.2, -0.15) is 0 Å². The molecule has 0 bridgehead atoms. The maximum absolute atomic E-state index is 9.37. The molecule has 2 heteroatoms. The average molecular weight is 174 g/mol. The molecule has 0 aromatic heterocycles. The monoisotopic (exact) mass is 174 g/mol. The van der Waals surface area contributed by atoms with E-state index < -0.39 is 0 Å². The van der Waals surface area contributed by atoms with Crippen LogP contribution in [0.25, 0.3) is 10.8 Å². The second-order valence-electron chi connectivity index (χ2n) is 2.50. The first kappa shape index (κ1) is 9.26. The molecule has 2 aromatic rings. The Hall–Kier alpha value is -1.83. The van der Waals surface area contributed by atoms with E-state index in [1.807, 2.05) is 43.2 Å². The molecule has 0 heterocycles. The Balaban J connectivity index is 0.000000396. The minimum Gasteiger partial charge on any atom is -0.507 e. The van der Waals surface area contributed by atoms with Crippen LogP contribution in [0.3, 0.4) is 0 Å². The summed E-state index contributed by atoms with van der Waals surface area (Å²) in [5.74, 6) is 0.350. The molecule has 1 N–H and O–H groups in total. The van der Waals surface area contributed by atoms with Gasteiger partial charge in [0.05, 0.1) is 0 Å². The Morgan fingerprint density at radius 2 is 1.54 bits per heavy atom. The quantitative estimate of drug-likeness (QED) is 0.665. The standard InChI is InChI=1S/C10H8O.CH2O/c11-10-7-3-5-8-4-1-2-6-9(8)10;1-2/h1-7,11H;1H2. The lowest BCUT2D eigenvalue weighted by Crippen LogP contribution is -1.70. The molecule has 0 fully saturated rings. The van der Waals surface area contributed by atoms with Crippen molar-refractivity contribution < 1.29 is 9.90 Å². The Morgan fingerprint density at radius 1 is 0.923 bits per heavy atom. The van der Waals surface area contributed by atoms with Crippen molar-refractivity contribution in [1.82, 2.24) is 0 Å². The molecule has 0 saturated carbocycles. The maximum Gasteiger partial charge on any atom is 0.123 e. The summed E-state index contributed by atoms with van der Waals surface area (Å²) in [6.45, 7) is 2.00. The fourth-order valence-electron chi connectivity index (χ4n) is 1.21. The molecule has 0 saturated heterocycles. The number of hydrogen-bond donors (Lipinski definition) is 1. The van der Waals surface area contributed by atoms with Crippen molar-refractivity contribution in [1.29, 1.82) is 0 Å². The predicted molar refractivity (Wildman–Crippen MR) is 52.7 cm³/mol. The highest BCUT2D eigenvalue weighted by Crippen LogP contribution is 2.22. The highest BCUT2D eigenvalue weighted by atomic mass is 16.3. The molecule has 0 unspecified atom stereocenters. The van der Waals surface area contributed by atoms with Crippen LogP contribution in [-0.4, -0.2) is 11.9 Å². The van der Waals surface area contributed by atoms with Crippen LogP contribution in [0.5, 0.6) is 5.75 Å². The smallest absolute Gasteiger partial charge is 0.123 e. The number of phenolic OH excluding ortho intramolecular Hbond substituents is 1. The molecule has 0 aliphatic heterocycles. The SMILES string of the molecule is C=O.Oc1cccc2ccccc12. The minimum atomic E-state index is 0.350. The zero-order valence-corrected chi connectivity index (χ0v) is 7.10. The first-order valence-electron chi connectivity index (χ1n) is 3.83. The molecule has 66 valence electrons. The Morgan fingerprint density at radius 3 is 2.23 bits per heavy atom. The molecule has 13 heavy (non-hydrogen) atoms. The van der Waals surface area contributed by atoms with E-state index >= 15 is 0 Å². The summed E-state index contributed by atoms with van der Waals surface area (Å²) in [5.41, 5.74) is 0. The summed E-state index contributed by atoms with van der Waals surface area (Å²) in [7, 11) is 0. The van der Waals surface area contributed by atoms with Crippen molar-refractivity contribution in [3.8, 4) is 5.75 Å². The summed E-state index contributed by atoms with van der Waals surface area (Å²) < 4.78 is 0. The first-order valence-corrected chi connectivity index (χ1v) is 3.83. The van der Waals surface area contributed by atoms with Gasteiger partial charge in [-0.05, 0) is 11.5 Å². The normalized spacial score (nSPS) is 8.92. The van der Waals surface area contributed by atoms with Gasteiger partial charge in [0, 0.05) is 5.39 Å². The number of phenols is 1. The number of hydrogen-bond acceptors (Lipinski definition) is 2. The van der Waals surface area contributed by atoms with Crippen molar-refractivity contribution in [2.45, 2.75) is 0 Å². The molecular formula is C11H10O2. The third-order valence-electron chi connectivity index (χ3n) is 1.77. The number of carbonyl (C=O) groups is 1. The summed E-state index contributed by atoms with van der Waals surface area (Å²) >= 11 is 0. The van der Waals surface area contributed by atoms with Gasteiger partial charge in [-0.15, -0.1) is 0 Å². The lowest BCUT2D eigenvalue weighted by molar-refractivity contribution is -0.0979. The zero-order valence-electron chi connectivity index (χ0n) is 7.10. The van der Waals surface area contributed by atoms with Gasteiger partial charge < -0.3 is 9.90 Å². The molecule has 0 spiro atoms. The third kappa shape index (κ3) is 1.85. The van der Waals surface area contributed by atoms with E-state index in [1.165, 1.54) is 0 Å². The van der Waals surface area contributed by atoms with E-state index in [4.69, 9.17) is 4.79 Å². The number of aromatic hydroxyl groups is 1. The second kappa shape index (κ2) is 4.26. The number of rotatable bonds is 0. The number of benzene rings is 2. The van der Waals surface area contributed by atoms with Gasteiger partial charge in [0.2, 0.25) is 0 Å². The first-order chi connectivity index (χ1) is 6.38. The maximum atomic E-state index is 9.37. The van der Waals surface area contributed by atoms with E-state index in [9.17, 15) is 5.11 Å². The van der Waals surface area contributed by atoms with Gasteiger partial charge in [-0.1, -0.05) is 36.4 Å². The van der Waals surface area contributed by atoms with Crippen LogP contribution in [-0.2, 0) is 4.79 Å². The van der Waals surface area contributed by atoms with E-state index in [1.54, 1.807) is 6.07 Å². The molecule has 0 atom stereocenters. The summed E-state index contributed by atoms with van der Waals surface area (Å²) in [4.78, 5) is 8.00. The van der Waals surface area contributed by atoms with E-state index in [2.05, 4.69) is 0 Å². The van der Waals surface area contributed by atoms with Crippen LogP contribution in [0.4, 0.5) is 0 Å². The van der Waals surface area contributed by atoms with Crippen LogP contribution in [0, 0.1) is 0 Å². The van der Waals surface area contributed by atoms with Gasteiger partial charge in [0.25, 0.3) is 0 Å². The number of carbonyl (C=O) groups excluding carboxylic acids is 1. The molecule has 2 rings (SSSR count). The van der Waals surface area contributed by atoms with Crippen molar-refractivity contribution in [3.05, 3.63) is 42.5 Å². The van der Waals surface area contributed by atoms with Gasteiger partial charge in [-0.3, -0.25) is 0 Å². The van der Waals surface area contributed by atoms with Crippen LogP contribution in [0.2, 0.25) is 0 Å². The van der Waals surface area contributed by atoms with Crippen LogP contribution in [0.15, 0.2) is 42.5 Å². The van der Waals surface area contributed by atoms with Crippen molar-refractivity contribution in [2.75, 3.05) is 0 Å². The Labute approximate surface area is 76.4 Å². The fourth-order valence-corrected chi connectivity index (χ4v) is 1.21. The van der Waals surface area contributed by atoms with Gasteiger partial charge in [0.1, 0.15) is 12.5 Å². The Bertz CT molecular complexity index is 391. The lowest BCUT2D eigenvalue weighted by atomic mass is 10.1. The molecule has 0 aliphatic rings. The highest BCUT2D eigenvalue weighted by Gasteiger charge is 1.94. The van der Waals surface area contributed by atoms with Crippen molar-refractivity contribution in [2.24, 2.45) is 0 Å². The van der Waals surface area contributed by atoms with Crippen molar-refractivity contribution >= 4 is 17.6 Å². The van der Waals surface area contributed by atoms with Gasteiger partial charge >= 0.3 is 0 Å². The van der Waals surface area contributed by atoms with Crippen LogP contribution >= 0.6 is 0 Å². The topological polar surface area (TPSA) is 37.3 Å². The predicted octanol–water partition coefficient (Wildman–Crippen LogP) is 2.36. The molecule has 2 nitrogen and oxygen atoms in total. The molecule has 0 amide bonds. The summed E-state index contributed by atoms with van der Waals surface area (Å²) in [6, 6.07) is 13.3. The van der Waals surface area contributed by atoms with Crippen LogP contribution in [0.1, 0.15) is 0 Å². The van der Waals surface area contributed by atoms with E-state index in [0.29, 0.717) is 5.75 Å².